The number of anilines is 1. The molecule has 8 nitrogen and oxygen atoms in total. The summed E-state index contributed by atoms with van der Waals surface area (Å²) in [4.78, 5) is 22.8. The molecule has 0 atom stereocenters. The van der Waals surface area contributed by atoms with Crippen LogP contribution in [-0.2, 0) is 0 Å². The number of amides is 1. The lowest BCUT2D eigenvalue weighted by Crippen LogP contribution is -2.47. The molecule has 0 spiro atoms. The predicted molar refractivity (Wildman–Crippen MR) is 126 cm³/mol. The monoisotopic (exact) mass is 459 g/mol. The Hall–Kier alpha value is -2.62. The lowest BCUT2D eigenvalue weighted by Gasteiger charge is -2.33. The van der Waals surface area contributed by atoms with Crippen LogP contribution in [-0.4, -0.2) is 43.0 Å². The van der Waals surface area contributed by atoms with Gasteiger partial charge in [0.05, 0.1) is 23.6 Å². The van der Waals surface area contributed by atoms with Crippen LogP contribution in [0.5, 0.6) is 0 Å². The van der Waals surface area contributed by atoms with Crippen LogP contribution in [0, 0.1) is 12.8 Å². The summed E-state index contributed by atoms with van der Waals surface area (Å²) in [5.74, 6) is 1.73. The number of thiazole rings is 1. The highest BCUT2D eigenvalue weighted by Crippen LogP contribution is 2.32. The van der Waals surface area contributed by atoms with Crippen molar-refractivity contribution in [3.8, 4) is 0 Å². The molecule has 164 valence electrons. The number of aryl methyl sites for hydroxylation is 1. The zero-order valence-corrected chi connectivity index (χ0v) is 18.9. The van der Waals surface area contributed by atoms with Gasteiger partial charge in [0.15, 0.2) is 0 Å². The highest BCUT2D eigenvalue weighted by atomic mass is 35.5. The summed E-state index contributed by atoms with van der Waals surface area (Å²) in [6.45, 7) is 5.56. The fourth-order valence-corrected chi connectivity index (χ4v) is 4.71. The van der Waals surface area contributed by atoms with Gasteiger partial charge in [-0.1, -0.05) is 35.1 Å². The highest BCUT2D eigenvalue weighted by Gasteiger charge is 2.23. The quantitative estimate of drug-likeness (QED) is 0.529. The van der Waals surface area contributed by atoms with E-state index in [0.717, 1.165) is 36.7 Å². The number of hydrogen-bond donors (Lipinski definition) is 4. The summed E-state index contributed by atoms with van der Waals surface area (Å²) in [5.41, 5.74) is 7.29. The van der Waals surface area contributed by atoms with Crippen LogP contribution < -0.4 is 26.6 Å². The number of benzene rings is 1. The van der Waals surface area contributed by atoms with Crippen LogP contribution in [0.2, 0.25) is 5.02 Å². The van der Waals surface area contributed by atoms with Crippen LogP contribution in [0.15, 0.2) is 41.3 Å². The lowest BCUT2D eigenvalue weighted by molar-refractivity contribution is 0.100. The van der Waals surface area contributed by atoms with Gasteiger partial charge in [-0.25, -0.2) is 9.98 Å². The number of aliphatic imine (C=N–C) groups is 1. The molecule has 1 saturated heterocycles. The Labute approximate surface area is 190 Å². The molecule has 4 rings (SSSR count). The topological polar surface area (TPSA) is 108 Å². The van der Waals surface area contributed by atoms with E-state index in [-0.39, 0.29) is 0 Å². The maximum absolute atomic E-state index is 11.4. The summed E-state index contributed by atoms with van der Waals surface area (Å²) in [5, 5.41) is 11.5. The van der Waals surface area contributed by atoms with Crippen molar-refractivity contribution in [3.05, 3.63) is 51.8 Å². The van der Waals surface area contributed by atoms with Crippen LogP contribution in [0.4, 0.5) is 10.8 Å². The van der Waals surface area contributed by atoms with Crippen molar-refractivity contribution in [2.24, 2.45) is 16.6 Å². The maximum Gasteiger partial charge on any atom is 0.260 e. The number of halogens is 1. The highest BCUT2D eigenvalue weighted by molar-refractivity contribution is 7.17. The normalized spacial score (nSPS) is 18.6. The first-order valence-electron chi connectivity index (χ1n) is 10.3. The first kappa shape index (κ1) is 21.6. The fraction of sp³-hybridized carbons (Fsp3) is 0.381. The third kappa shape index (κ3) is 5.17. The molecule has 0 aliphatic carbocycles. The Morgan fingerprint density at radius 3 is 2.94 bits per heavy atom. The van der Waals surface area contributed by atoms with E-state index >= 15 is 0 Å². The van der Waals surface area contributed by atoms with Crippen LogP contribution >= 0.6 is 22.9 Å². The summed E-state index contributed by atoms with van der Waals surface area (Å²) in [7, 11) is 0. The van der Waals surface area contributed by atoms with Crippen molar-refractivity contribution in [1.82, 2.24) is 20.9 Å². The molecular formula is C21H26ClN7OS. The number of para-hydroxylation sites is 1. The van der Waals surface area contributed by atoms with Gasteiger partial charge >= 0.3 is 0 Å². The van der Waals surface area contributed by atoms with E-state index in [0.29, 0.717) is 33.5 Å². The number of hydrogen-bond acceptors (Lipinski definition) is 7. The van der Waals surface area contributed by atoms with Crippen molar-refractivity contribution < 1.29 is 4.79 Å². The maximum atomic E-state index is 11.4. The molecule has 0 saturated carbocycles. The van der Waals surface area contributed by atoms with Gasteiger partial charge < -0.3 is 26.6 Å². The van der Waals surface area contributed by atoms with E-state index in [4.69, 9.17) is 22.3 Å². The number of rotatable bonds is 6. The first-order chi connectivity index (χ1) is 15.0. The van der Waals surface area contributed by atoms with E-state index < -0.39 is 5.91 Å². The van der Waals surface area contributed by atoms with E-state index in [9.17, 15) is 4.79 Å². The van der Waals surface area contributed by atoms with Gasteiger partial charge in [0.2, 0.25) is 5.13 Å². The minimum atomic E-state index is -0.507. The standard InChI is InChI=1S/C21H26ClN7OS/c1-13-3-2-4-15(22)19(13)29-12-27-17(25-10-14-5-7-24-8-6-14)9-18(29)28-21-26-11-16(31-21)20(23)30/h2-4,9,11,14,24-25,27H,5-8,10,12H2,1H3,(H2,23,30). The molecule has 0 bridgehead atoms. The minimum absolute atomic E-state index is 0.377. The molecule has 0 radical (unpaired) electrons. The minimum Gasteiger partial charge on any atom is -0.371 e. The molecule has 10 heteroatoms. The zero-order chi connectivity index (χ0) is 21.8. The van der Waals surface area contributed by atoms with E-state index in [1.165, 1.54) is 30.4 Å². The predicted octanol–water partition coefficient (Wildman–Crippen LogP) is 2.73. The molecule has 31 heavy (non-hydrogen) atoms. The Morgan fingerprint density at radius 2 is 2.23 bits per heavy atom. The van der Waals surface area contributed by atoms with Crippen molar-refractivity contribution in [1.29, 1.82) is 0 Å². The molecule has 2 aromatic rings. The van der Waals surface area contributed by atoms with Crippen LogP contribution in [0.1, 0.15) is 28.1 Å². The summed E-state index contributed by atoms with van der Waals surface area (Å²) in [6, 6.07) is 5.81. The average Bonchev–Trinajstić information content (AvgIpc) is 3.23. The van der Waals surface area contributed by atoms with Crippen molar-refractivity contribution >= 4 is 45.5 Å². The summed E-state index contributed by atoms with van der Waals surface area (Å²) in [6.07, 6.45) is 5.75. The van der Waals surface area contributed by atoms with Gasteiger partial charge in [0, 0.05) is 12.6 Å². The molecule has 2 aliphatic heterocycles. The number of primary amides is 1. The van der Waals surface area contributed by atoms with E-state index in [2.05, 4.69) is 20.9 Å². The number of aromatic nitrogens is 1. The Morgan fingerprint density at radius 1 is 1.42 bits per heavy atom. The molecule has 1 aromatic heterocycles. The second-order valence-corrected chi connectivity index (χ2v) is 9.06. The van der Waals surface area contributed by atoms with Crippen LogP contribution in [0.25, 0.3) is 0 Å². The summed E-state index contributed by atoms with van der Waals surface area (Å²) >= 11 is 7.70. The number of nitrogens with two attached hydrogens (primary N) is 1. The molecule has 1 fully saturated rings. The number of piperidine rings is 1. The van der Waals surface area contributed by atoms with Crippen molar-refractivity contribution in [2.75, 3.05) is 31.2 Å². The fourth-order valence-electron chi connectivity index (χ4n) is 3.74. The largest absolute Gasteiger partial charge is 0.371 e. The van der Waals surface area contributed by atoms with Gasteiger partial charge in [0.1, 0.15) is 16.5 Å². The van der Waals surface area contributed by atoms with E-state index in [1.54, 1.807) is 0 Å². The van der Waals surface area contributed by atoms with Crippen molar-refractivity contribution in [3.63, 3.8) is 0 Å². The average molecular weight is 460 g/mol. The summed E-state index contributed by atoms with van der Waals surface area (Å²) < 4.78 is 0. The molecule has 2 aliphatic rings. The number of nitrogens with zero attached hydrogens (tertiary/aromatic N) is 3. The smallest absolute Gasteiger partial charge is 0.260 e. The molecule has 3 heterocycles. The molecule has 1 amide bonds. The lowest BCUT2D eigenvalue weighted by atomic mass is 9.98. The van der Waals surface area contributed by atoms with Gasteiger partial charge in [-0.15, -0.1) is 0 Å². The number of amidine groups is 1. The Bertz CT molecular complexity index is 993. The first-order valence-corrected chi connectivity index (χ1v) is 11.5. The number of carbonyl (C=O) groups excluding carboxylic acids is 1. The van der Waals surface area contributed by atoms with Crippen molar-refractivity contribution in [2.45, 2.75) is 19.8 Å². The molecule has 5 N–H and O–H groups in total. The van der Waals surface area contributed by atoms with Gasteiger partial charge in [0.25, 0.3) is 5.91 Å². The third-order valence-corrected chi connectivity index (χ3v) is 6.63. The molecule has 0 unspecified atom stereocenters. The van der Waals surface area contributed by atoms with Crippen LogP contribution in [0.3, 0.4) is 0 Å². The van der Waals surface area contributed by atoms with Gasteiger partial charge in [-0.3, -0.25) is 4.79 Å². The van der Waals surface area contributed by atoms with E-state index in [1.807, 2.05) is 36.1 Å². The Balaban J connectivity index is 1.63. The zero-order valence-electron chi connectivity index (χ0n) is 17.3. The SMILES string of the molecule is Cc1cccc(Cl)c1N1CNC(NCC2CCNCC2)=CC1=Nc1ncc(C(N)=O)s1. The number of carbonyl (C=O) groups is 1. The van der Waals surface area contributed by atoms with Gasteiger partial charge in [-0.2, -0.15) is 0 Å². The number of nitrogens with one attached hydrogen (secondary N) is 3. The molecular weight excluding hydrogens is 434 g/mol. The second-order valence-electron chi connectivity index (χ2n) is 7.64. The third-order valence-electron chi connectivity index (χ3n) is 5.42. The Kier molecular flexibility index (Phi) is 6.74. The second kappa shape index (κ2) is 9.67. The van der Waals surface area contributed by atoms with Gasteiger partial charge in [-0.05, 0) is 50.4 Å². The molecule has 1 aromatic carbocycles.